The van der Waals surface area contributed by atoms with Gasteiger partial charge >= 0.3 is 11.9 Å². The Morgan fingerprint density at radius 2 is 1.67 bits per heavy atom. The highest BCUT2D eigenvalue weighted by Crippen LogP contribution is 2.07. The molecule has 0 aromatic carbocycles. The molecule has 9 N–H and O–H groups in total. The molecule has 3 amide bonds. The van der Waals surface area contributed by atoms with Crippen LogP contribution >= 0.6 is 0 Å². The molecule has 0 aliphatic heterocycles. The predicted octanol–water partition coefficient (Wildman–Crippen LogP) is -2.67. The lowest BCUT2D eigenvalue weighted by Gasteiger charge is -2.26. The van der Waals surface area contributed by atoms with Crippen LogP contribution in [0.15, 0.2) is 12.5 Å². The number of nitrogens with zero attached hydrogens (tertiary/aromatic N) is 1. The fourth-order valence-corrected chi connectivity index (χ4v) is 2.78. The van der Waals surface area contributed by atoms with Gasteiger partial charge in [-0.1, -0.05) is 13.8 Å². The number of aliphatic hydroxyl groups excluding tert-OH is 1. The van der Waals surface area contributed by atoms with Crippen molar-refractivity contribution >= 4 is 29.7 Å². The maximum atomic E-state index is 12.8. The van der Waals surface area contributed by atoms with Gasteiger partial charge in [-0.05, 0) is 12.3 Å². The maximum absolute atomic E-state index is 12.8. The first-order chi connectivity index (χ1) is 15.5. The van der Waals surface area contributed by atoms with Gasteiger partial charge in [0.25, 0.3) is 0 Å². The summed E-state index contributed by atoms with van der Waals surface area (Å²) in [6, 6.07) is -5.16. The van der Waals surface area contributed by atoms with Crippen LogP contribution in [0.25, 0.3) is 0 Å². The van der Waals surface area contributed by atoms with Crippen LogP contribution in [-0.4, -0.2) is 85.7 Å². The summed E-state index contributed by atoms with van der Waals surface area (Å²) in [6.07, 6.45) is 2.23. The minimum Gasteiger partial charge on any atom is -0.481 e. The van der Waals surface area contributed by atoms with Crippen LogP contribution in [0.3, 0.4) is 0 Å². The fourth-order valence-electron chi connectivity index (χ4n) is 2.78. The quantitative estimate of drug-likeness (QED) is 0.140. The van der Waals surface area contributed by atoms with E-state index >= 15 is 0 Å². The molecule has 14 nitrogen and oxygen atoms in total. The van der Waals surface area contributed by atoms with E-state index in [0.29, 0.717) is 5.69 Å². The average molecular weight is 470 g/mol. The van der Waals surface area contributed by atoms with Gasteiger partial charge in [0.05, 0.1) is 19.0 Å². The highest BCUT2D eigenvalue weighted by molar-refractivity contribution is 5.94. The zero-order chi connectivity index (χ0) is 25.1. The zero-order valence-corrected chi connectivity index (χ0v) is 18.3. The Morgan fingerprint density at radius 3 is 2.15 bits per heavy atom. The van der Waals surface area contributed by atoms with Crippen molar-refractivity contribution < 1.29 is 39.3 Å². The lowest BCUT2D eigenvalue weighted by molar-refractivity contribution is -0.144. The first-order valence-electron chi connectivity index (χ1n) is 10.2. The molecule has 0 bridgehead atoms. The largest absolute Gasteiger partial charge is 0.481 e. The topological polar surface area (TPSA) is 237 Å². The molecular weight excluding hydrogens is 440 g/mol. The lowest BCUT2D eigenvalue weighted by Crippen LogP contribution is -2.58. The summed E-state index contributed by atoms with van der Waals surface area (Å²) in [5, 5.41) is 33.9. The summed E-state index contributed by atoms with van der Waals surface area (Å²) in [5.41, 5.74) is 6.50. The number of aromatic nitrogens is 2. The number of carboxylic acids is 2. The van der Waals surface area contributed by atoms with Crippen molar-refractivity contribution in [3.63, 3.8) is 0 Å². The molecule has 33 heavy (non-hydrogen) atoms. The minimum absolute atomic E-state index is 0.139. The first-order valence-corrected chi connectivity index (χ1v) is 10.2. The Morgan fingerprint density at radius 1 is 1.03 bits per heavy atom. The van der Waals surface area contributed by atoms with E-state index in [4.69, 9.17) is 21.1 Å². The van der Waals surface area contributed by atoms with E-state index in [1.165, 1.54) is 12.5 Å². The van der Waals surface area contributed by atoms with E-state index in [2.05, 4.69) is 20.6 Å². The van der Waals surface area contributed by atoms with Gasteiger partial charge in [-0.2, -0.15) is 0 Å². The number of nitrogens with one attached hydrogen (secondary N) is 4. The molecule has 14 heteroatoms. The lowest BCUT2D eigenvalue weighted by atomic mass is 10.0. The van der Waals surface area contributed by atoms with Crippen LogP contribution in [0.4, 0.5) is 0 Å². The minimum atomic E-state index is -1.64. The van der Waals surface area contributed by atoms with Crippen molar-refractivity contribution in [3.05, 3.63) is 18.2 Å². The molecule has 0 fully saturated rings. The molecule has 4 unspecified atom stereocenters. The molecule has 1 aromatic rings. The highest BCUT2D eigenvalue weighted by atomic mass is 16.4. The van der Waals surface area contributed by atoms with Gasteiger partial charge in [0.1, 0.15) is 18.1 Å². The third-order valence-corrected chi connectivity index (χ3v) is 4.66. The normalized spacial score (nSPS) is 14.6. The van der Waals surface area contributed by atoms with E-state index in [-0.39, 0.29) is 12.8 Å². The number of hydrogen-bond donors (Lipinski definition) is 8. The monoisotopic (exact) mass is 470 g/mol. The molecule has 1 aromatic heterocycles. The van der Waals surface area contributed by atoms with Crippen molar-refractivity contribution in [2.24, 2.45) is 11.7 Å². The molecule has 1 heterocycles. The third-order valence-electron chi connectivity index (χ3n) is 4.66. The standard InChI is InChI=1S/C19H30N6O8/c1-9(2)15(25-16(29)11(20)5-10-6-21-8-22-10)18(31)23-12(3-4-14(27)28)17(30)24-13(7-26)19(32)33/h6,8-9,11-13,15,26H,3-5,7,20H2,1-2H3,(H,21,22)(H,23,31)(H,24,30)(H,25,29)(H,27,28)(H,32,33). The van der Waals surface area contributed by atoms with Crippen LogP contribution in [0, 0.1) is 5.92 Å². The summed E-state index contributed by atoms with van der Waals surface area (Å²) in [7, 11) is 0. The number of H-pyrrole nitrogens is 1. The Kier molecular flexibility index (Phi) is 10.9. The van der Waals surface area contributed by atoms with Crippen LogP contribution < -0.4 is 21.7 Å². The summed E-state index contributed by atoms with van der Waals surface area (Å²) in [4.78, 5) is 66.4. The summed E-state index contributed by atoms with van der Waals surface area (Å²) in [6.45, 7) is 2.38. The van der Waals surface area contributed by atoms with Gasteiger partial charge in [-0.3, -0.25) is 19.2 Å². The van der Waals surface area contributed by atoms with Crippen LogP contribution in [-0.2, 0) is 30.4 Å². The smallest absolute Gasteiger partial charge is 0.328 e. The number of aliphatic hydroxyl groups is 1. The number of rotatable bonds is 14. The molecule has 4 atom stereocenters. The Labute approximate surface area is 189 Å². The Balaban J connectivity index is 2.89. The fraction of sp³-hybridized carbons (Fsp3) is 0.579. The van der Waals surface area contributed by atoms with E-state index < -0.39 is 72.8 Å². The van der Waals surface area contributed by atoms with Crippen molar-refractivity contribution in [1.29, 1.82) is 0 Å². The van der Waals surface area contributed by atoms with E-state index in [9.17, 15) is 24.0 Å². The zero-order valence-electron chi connectivity index (χ0n) is 18.3. The number of carboxylic acid groups (broad SMARTS) is 2. The van der Waals surface area contributed by atoms with Gasteiger partial charge in [0.15, 0.2) is 0 Å². The number of amides is 3. The van der Waals surface area contributed by atoms with Crippen LogP contribution in [0.1, 0.15) is 32.4 Å². The van der Waals surface area contributed by atoms with E-state index in [0.717, 1.165) is 0 Å². The maximum Gasteiger partial charge on any atom is 0.328 e. The van der Waals surface area contributed by atoms with Crippen molar-refractivity contribution in [2.75, 3.05) is 6.61 Å². The molecule has 0 spiro atoms. The first kappa shape index (κ1) is 27.5. The number of aliphatic carboxylic acids is 2. The average Bonchev–Trinajstić information content (AvgIpc) is 3.24. The SMILES string of the molecule is CC(C)C(NC(=O)C(N)Cc1cnc[nH]1)C(=O)NC(CCC(=O)O)C(=O)NC(CO)C(=O)O. The highest BCUT2D eigenvalue weighted by Gasteiger charge is 2.31. The van der Waals surface area contributed by atoms with Gasteiger partial charge in [0, 0.05) is 24.7 Å². The van der Waals surface area contributed by atoms with E-state index in [1.807, 2.05) is 5.32 Å². The molecule has 0 aliphatic carbocycles. The Bertz CT molecular complexity index is 828. The van der Waals surface area contributed by atoms with Crippen molar-refractivity contribution in [3.8, 4) is 0 Å². The van der Waals surface area contributed by atoms with E-state index in [1.54, 1.807) is 13.8 Å². The molecule has 0 saturated heterocycles. The van der Waals surface area contributed by atoms with Gasteiger partial charge < -0.3 is 42.0 Å². The predicted molar refractivity (Wildman–Crippen MR) is 112 cm³/mol. The molecule has 0 radical (unpaired) electrons. The molecule has 1 rings (SSSR count). The summed E-state index contributed by atoms with van der Waals surface area (Å²) >= 11 is 0. The number of hydrogen-bond acceptors (Lipinski definition) is 8. The van der Waals surface area contributed by atoms with Crippen molar-refractivity contribution in [2.45, 2.75) is 57.3 Å². The number of carbonyl (C=O) groups excluding carboxylic acids is 3. The summed E-state index contributed by atoms with van der Waals surface area (Å²) in [5.74, 6) is -5.58. The van der Waals surface area contributed by atoms with Crippen molar-refractivity contribution in [1.82, 2.24) is 25.9 Å². The van der Waals surface area contributed by atoms with Gasteiger partial charge in [-0.25, -0.2) is 9.78 Å². The Hall–Kier alpha value is -3.52. The molecule has 184 valence electrons. The second-order valence-electron chi connectivity index (χ2n) is 7.69. The van der Waals surface area contributed by atoms with Gasteiger partial charge in [0.2, 0.25) is 17.7 Å². The third kappa shape index (κ3) is 9.24. The molecule has 0 saturated carbocycles. The number of nitrogens with two attached hydrogens (primary N) is 1. The molecule has 0 aliphatic rings. The van der Waals surface area contributed by atoms with Gasteiger partial charge in [-0.15, -0.1) is 0 Å². The van der Waals surface area contributed by atoms with Crippen LogP contribution in [0.5, 0.6) is 0 Å². The number of carbonyl (C=O) groups is 5. The summed E-state index contributed by atoms with van der Waals surface area (Å²) < 4.78 is 0. The van der Waals surface area contributed by atoms with Crippen LogP contribution in [0.2, 0.25) is 0 Å². The number of imidazole rings is 1. The molecular formula is C19H30N6O8. The second-order valence-corrected chi connectivity index (χ2v) is 7.69. The number of aromatic amines is 1. The second kappa shape index (κ2) is 13.1.